The Labute approximate surface area is 206 Å². The van der Waals surface area contributed by atoms with E-state index in [4.69, 9.17) is 18.9 Å². The Bertz CT molecular complexity index is 880. The van der Waals surface area contributed by atoms with Crippen molar-refractivity contribution in [3.63, 3.8) is 0 Å². The van der Waals surface area contributed by atoms with Crippen molar-refractivity contribution >= 4 is 24.1 Å². The molecule has 0 amide bonds. The standard InChI is InChI=1S/C25H37NO9/c1-14(2)13-32-25(31)33-17(7)12-26-19(22(27)28)10-18-8-9-20(34-23(29)15(3)4)21(11-18)35-24(30)16(5)6/h8-9,11,14-17,19,26H,10,12-13H2,1-7H3,(H,27,28)/t17?,19-/m0/s1. The highest BCUT2D eigenvalue weighted by Gasteiger charge is 2.23. The molecule has 0 heterocycles. The van der Waals surface area contributed by atoms with E-state index in [1.165, 1.54) is 12.1 Å². The van der Waals surface area contributed by atoms with Gasteiger partial charge in [0, 0.05) is 6.54 Å². The number of rotatable bonds is 13. The first-order chi connectivity index (χ1) is 16.3. The first kappa shape index (κ1) is 29.9. The monoisotopic (exact) mass is 495 g/mol. The second-order valence-corrected chi connectivity index (χ2v) is 9.32. The molecule has 0 radical (unpaired) electrons. The number of esters is 2. The minimum Gasteiger partial charge on any atom is -0.480 e. The molecule has 0 aliphatic rings. The summed E-state index contributed by atoms with van der Waals surface area (Å²) in [4.78, 5) is 47.7. The molecular formula is C25H37NO9. The van der Waals surface area contributed by atoms with Crippen LogP contribution in [0, 0.1) is 17.8 Å². The van der Waals surface area contributed by atoms with Gasteiger partial charge in [0.2, 0.25) is 0 Å². The maximum atomic E-state index is 12.2. The van der Waals surface area contributed by atoms with Crippen LogP contribution in [-0.2, 0) is 30.3 Å². The number of ether oxygens (including phenoxy) is 4. The lowest BCUT2D eigenvalue weighted by molar-refractivity contribution is -0.140. The van der Waals surface area contributed by atoms with Crippen molar-refractivity contribution < 1.29 is 43.2 Å². The summed E-state index contributed by atoms with van der Waals surface area (Å²) in [6, 6.07) is 3.51. The average molecular weight is 496 g/mol. The van der Waals surface area contributed by atoms with Gasteiger partial charge < -0.3 is 29.4 Å². The number of carboxylic acid groups (broad SMARTS) is 1. The molecule has 2 atom stereocenters. The molecule has 0 aliphatic heterocycles. The van der Waals surface area contributed by atoms with E-state index in [9.17, 15) is 24.3 Å². The molecule has 0 saturated heterocycles. The minimum absolute atomic E-state index is 0.0314. The predicted octanol–water partition coefficient (Wildman–Crippen LogP) is 3.59. The lowest BCUT2D eigenvalue weighted by Crippen LogP contribution is -2.42. The van der Waals surface area contributed by atoms with Crippen LogP contribution in [0.3, 0.4) is 0 Å². The van der Waals surface area contributed by atoms with Gasteiger partial charge in [0.05, 0.1) is 18.4 Å². The normalized spacial score (nSPS) is 12.9. The van der Waals surface area contributed by atoms with Gasteiger partial charge in [-0.1, -0.05) is 47.6 Å². The second-order valence-electron chi connectivity index (χ2n) is 9.32. The fraction of sp³-hybridized carbons (Fsp3) is 0.600. The second kappa shape index (κ2) is 14.3. The fourth-order valence-electron chi connectivity index (χ4n) is 2.56. The fourth-order valence-corrected chi connectivity index (χ4v) is 2.56. The topological polar surface area (TPSA) is 137 Å². The van der Waals surface area contributed by atoms with Crippen molar-refractivity contribution in [1.29, 1.82) is 0 Å². The summed E-state index contributed by atoms with van der Waals surface area (Å²) >= 11 is 0. The smallest absolute Gasteiger partial charge is 0.480 e. The van der Waals surface area contributed by atoms with Crippen molar-refractivity contribution in [3.8, 4) is 11.5 Å². The number of hydrogen-bond donors (Lipinski definition) is 2. The van der Waals surface area contributed by atoms with E-state index < -0.39 is 48.0 Å². The highest BCUT2D eigenvalue weighted by atomic mass is 16.7. The van der Waals surface area contributed by atoms with Crippen LogP contribution < -0.4 is 14.8 Å². The molecule has 0 spiro atoms. The molecule has 0 aromatic heterocycles. The maximum absolute atomic E-state index is 12.2. The molecule has 1 aromatic rings. The van der Waals surface area contributed by atoms with Gasteiger partial charge in [0.15, 0.2) is 11.5 Å². The Morgan fingerprint density at radius 1 is 0.886 bits per heavy atom. The van der Waals surface area contributed by atoms with Crippen molar-refractivity contribution in [1.82, 2.24) is 5.32 Å². The van der Waals surface area contributed by atoms with Crippen molar-refractivity contribution in [2.75, 3.05) is 13.2 Å². The summed E-state index contributed by atoms with van der Waals surface area (Å²) in [5.74, 6) is -2.68. The van der Waals surface area contributed by atoms with E-state index in [2.05, 4.69) is 5.32 Å². The van der Waals surface area contributed by atoms with Gasteiger partial charge in [-0.25, -0.2) is 4.79 Å². The lowest BCUT2D eigenvalue weighted by atomic mass is 10.0. The number of aliphatic carboxylic acids is 1. The molecule has 35 heavy (non-hydrogen) atoms. The predicted molar refractivity (Wildman–Crippen MR) is 127 cm³/mol. The Kier molecular flexibility index (Phi) is 12.2. The number of nitrogens with one attached hydrogen (secondary N) is 1. The Balaban J connectivity index is 2.92. The van der Waals surface area contributed by atoms with E-state index in [0.717, 1.165) is 0 Å². The summed E-state index contributed by atoms with van der Waals surface area (Å²) < 4.78 is 20.8. The molecule has 0 aliphatic carbocycles. The number of carbonyl (C=O) groups excluding carboxylic acids is 3. The summed E-state index contributed by atoms with van der Waals surface area (Å²) in [5.41, 5.74) is 0.533. The van der Waals surface area contributed by atoms with E-state index >= 15 is 0 Å². The first-order valence-electron chi connectivity index (χ1n) is 11.7. The van der Waals surface area contributed by atoms with Crippen LogP contribution in [-0.4, -0.2) is 54.5 Å². The molecule has 1 unspecified atom stereocenters. The van der Waals surface area contributed by atoms with Gasteiger partial charge in [0.1, 0.15) is 12.1 Å². The van der Waals surface area contributed by atoms with E-state index in [1.54, 1.807) is 40.7 Å². The van der Waals surface area contributed by atoms with Crippen LogP contribution >= 0.6 is 0 Å². The quantitative estimate of drug-likeness (QED) is 0.308. The number of carbonyl (C=O) groups is 4. The van der Waals surface area contributed by atoms with Gasteiger partial charge >= 0.3 is 24.1 Å². The Morgan fingerprint density at radius 3 is 1.97 bits per heavy atom. The largest absolute Gasteiger partial charge is 0.508 e. The van der Waals surface area contributed by atoms with Crippen molar-refractivity contribution in [2.24, 2.45) is 17.8 Å². The number of hydrogen-bond acceptors (Lipinski definition) is 9. The van der Waals surface area contributed by atoms with Gasteiger partial charge in [0.25, 0.3) is 0 Å². The molecule has 0 fully saturated rings. The third-order valence-corrected chi connectivity index (χ3v) is 4.59. The summed E-state index contributed by atoms with van der Waals surface area (Å²) in [6.45, 7) is 12.4. The SMILES string of the molecule is CC(C)COC(=O)OC(C)CN[C@@H](Cc1ccc(OC(=O)C(C)C)c(OC(=O)C(C)C)c1)C(=O)O. The third-order valence-electron chi connectivity index (χ3n) is 4.59. The van der Waals surface area contributed by atoms with E-state index in [1.807, 2.05) is 13.8 Å². The molecule has 1 aromatic carbocycles. The van der Waals surface area contributed by atoms with Crippen LogP contribution in [0.5, 0.6) is 11.5 Å². The lowest BCUT2D eigenvalue weighted by Gasteiger charge is -2.19. The van der Waals surface area contributed by atoms with Crippen molar-refractivity contribution in [3.05, 3.63) is 23.8 Å². The maximum Gasteiger partial charge on any atom is 0.508 e. The zero-order chi connectivity index (χ0) is 26.7. The van der Waals surface area contributed by atoms with Gasteiger partial charge in [-0.15, -0.1) is 0 Å². The molecule has 2 N–H and O–H groups in total. The minimum atomic E-state index is -1.12. The zero-order valence-electron chi connectivity index (χ0n) is 21.5. The molecule has 196 valence electrons. The Hall–Kier alpha value is -3.14. The summed E-state index contributed by atoms with van der Waals surface area (Å²) in [7, 11) is 0. The van der Waals surface area contributed by atoms with E-state index in [-0.39, 0.29) is 37.0 Å². The van der Waals surface area contributed by atoms with Crippen molar-refractivity contribution in [2.45, 2.75) is 67.0 Å². The Morgan fingerprint density at radius 2 is 1.46 bits per heavy atom. The summed E-state index contributed by atoms with van der Waals surface area (Å²) in [6.07, 6.45) is -1.41. The molecule has 0 saturated carbocycles. The molecule has 10 heteroatoms. The average Bonchev–Trinajstić information content (AvgIpc) is 2.76. The molecular weight excluding hydrogens is 458 g/mol. The van der Waals surface area contributed by atoms with Crippen LogP contribution in [0.15, 0.2) is 18.2 Å². The molecule has 0 bridgehead atoms. The van der Waals surface area contributed by atoms with Gasteiger partial charge in [-0.05, 0) is 37.0 Å². The number of carboxylic acids is 1. The number of benzene rings is 1. The van der Waals surface area contributed by atoms with Gasteiger partial charge in [-0.3, -0.25) is 14.4 Å². The van der Waals surface area contributed by atoms with E-state index in [0.29, 0.717) is 5.56 Å². The highest BCUT2D eigenvalue weighted by Crippen LogP contribution is 2.30. The van der Waals surface area contributed by atoms with Crippen LogP contribution in [0.4, 0.5) is 4.79 Å². The van der Waals surface area contributed by atoms with Crippen LogP contribution in [0.1, 0.15) is 54.0 Å². The molecule has 10 nitrogen and oxygen atoms in total. The van der Waals surface area contributed by atoms with Crippen LogP contribution in [0.2, 0.25) is 0 Å². The highest BCUT2D eigenvalue weighted by molar-refractivity contribution is 5.78. The third kappa shape index (κ3) is 11.2. The first-order valence-corrected chi connectivity index (χ1v) is 11.7. The molecule has 1 rings (SSSR count). The summed E-state index contributed by atoms with van der Waals surface area (Å²) in [5, 5.41) is 12.5. The zero-order valence-corrected chi connectivity index (χ0v) is 21.5. The van der Waals surface area contributed by atoms with Crippen LogP contribution in [0.25, 0.3) is 0 Å². The van der Waals surface area contributed by atoms with Gasteiger partial charge in [-0.2, -0.15) is 0 Å².